The second-order valence-corrected chi connectivity index (χ2v) is 6.62. The Kier molecular flexibility index (Phi) is 4.49. The van der Waals surface area contributed by atoms with E-state index in [1.54, 1.807) is 48.0 Å². The zero-order chi connectivity index (χ0) is 15.6. The number of carbonyl (C=O) groups excluding carboxylic acids is 1. The summed E-state index contributed by atoms with van der Waals surface area (Å²) in [6.45, 7) is 6.15. The van der Waals surface area contributed by atoms with Crippen molar-refractivity contribution in [3.05, 3.63) is 29.3 Å². The number of aryl methyl sites for hydroxylation is 1. The molecule has 0 aromatic carbocycles. The Morgan fingerprint density at radius 3 is 2.76 bits per heavy atom. The van der Waals surface area contributed by atoms with Crippen molar-refractivity contribution in [3.63, 3.8) is 0 Å². The number of rotatable bonds is 5. The maximum atomic E-state index is 12.7. The third kappa shape index (κ3) is 3.71. The van der Waals surface area contributed by atoms with Crippen molar-refractivity contribution < 1.29 is 9.90 Å². The number of hydrogen-bond donors (Lipinski definition) is 1. The van der Waals surface area contributed by atoms with E-state index in [-0.39, 0.29) is 5.91 Å². The molecule has 1 N–H and O–H groups in total. The molecule has 21 heavy (non-hydrogen) atoms. The van der Waals surface area contributed by atoms with Gasteiger partial charge in [0.15, 0.2) is 0 Å². The summed E-state index contributed by atoms with van der Waals surface area (Å²) < 4.78 is 1.65. The number of aromatic nitrogens is 2. The van der Waals surface area contributed by atoms with E-state index in [0.29, 0.717) is 24.3 Å². The summed E-state index contributed by atoms with van der Waals surface area (Å²) in [7, 11) is 1.81. The molecule has 0 aliphatic carbocycles. The molecule has 0 radical (unpaired) electrons. The Morgan fingerprint density at radius 2 is 2.24 bits per heavy atom. The number of carbonyl (C=O) groups is 1. The number of hydrogen-bond acceptors (Lipinski definition) is 4. The molecule has 1 amide bonds. The molecule has 2 aromatic rings. The van der Waals surface area contributed by atoms with Crippen molar-refractivity contribution in [3.8, 4) is 10.6 Å². The molecule has 0 saturated carbocycles. The van der Waals surface area contributed by atoms with Gasteiger partial charge in [-0.15, -0.1) is 11.3 Å². The van der Waals surface area contributed by atoms with Crippen LogP contribution in [0.15, 0.2) is 23.7 Å². The first-order valence-electron chi connectivity index (χ1n) is 6.91. The van der Waals surface area contributed by atoms with Crippen LogP contribution >= 0.6 is 11.3 Å². The van der Waals surface area contributed by atoms with Gasteiger partial charge in [0.2, 0.25) is 0 Å². The number of amides is 1. The average molecular weight is 307 g/mol. The van der Waals surface area contributed by atoms with Crippen LogP contribution in [0.25, 0.3) is 10.6 Å². The van der Waals surface area contributed by atoms with Crippen LogP contribution in [0.1, 0.15) is 31.1 Å². The normalized spacial score (nSPS) is 11.7. The van der Waals surface area contributed by atoms with E-state index in [4.69, 9.17) is 0 Å². The summed E-state index contributed by atoms with van der Waals surface area (Å²) in [5.74, 6) is -0.101. The minimum absolute atomic E-state index is 0.101. The Balaban J connectivity index is 2.35. The number of nitrogens with zero attached hydrogens (tertiary/aromatic N) is 3. The molecule has 0 aliphatic heterocycles. The van der Waals surface area contributed by atoms with Crippen LogP contribution in [-0.2, 0) is 7.05 Å². The molecule has 0 bridgehead atoms. The second-order valence-electron chi connectivity index (χ2n) is 5.67. The molecule has 114 valence electrons. The molecule has 0 spiro atoms. The van der Waals surface area contributed by atoms with Gasteiger partial charge >= 0.3 is 0 Å². The Labute approximate surface area is 128 Å². The van der Waals surface area contributed by atoms with Crippen molar-refractivity contribution in [2.24, 2.45) is 7.05 Å². The van der Waals surface area contributed by atoms with Gasteiger partial charge in [0.05, 0.1) is 16.0 Å². The molecule has 2 aromatic heterocycles. The van der Waals surface area contributed by atoms with E-state index < -0.39 is 5.60 Å². The van der Waals surface area contributed by atoms with E-state index in [1.165, 1.54) is 0 Å². The maximum absolute atomic E-state index is 12.7. The Hall–Kier alpha value is -1.66. The van der Waals surface area contributed by atoms with Gasteiger partial charge in [-0.2, -0.15) is 5.10 Å². The Bertz CT molecular complexity index is 611. The molecule has 0 saturated heterocycles. The number of likely N-dealkylation sites (N-methyl/N-ethyl adjacent to an activating group) is 1. The van der Waals surface area contributed by atoms with Crippen LogP contribution in [0, 0.1) is 0 Å². The van der Waals surface area contributed by atoms with Gasteiger partial charge in [-0.25, -0.2) is 0 Å². The van der Waals surface area contributed by atoms with Crippen molar-refractivity contribution in [2.45, 2.75) is 26.4 Å². The molecule has 6 heteroatoms. The first-order chi connectivity index (χ1) is 9.81. The fraction of sp³-hybridized carbons (Fsp3) is 0.467. The lowest BCUT2D eigenvalue weighted by molar-refractivity contribution is 0.0315. The zero-order valence-electron chi connectivity index (χ0n) is 12.8. The zero-order valence-corrected chi connectivity index (χ0v) is 13.6. The summed E-state index contributed by atoms with van der Waals surface area (Å²) in [6.07, 6.45) is 1.74. The summed E-state index contributed by atoms with van der Waals surface area (Å²) >= 11 is 1.56. The van der Waals surface area contributed by atoms with Crippen LogP contribution in [0.3, 0.4) is 0 Å². The third-order valence-electron chi connectivity index (χ3n) is 3.06. The lowest BCUT2D eigenvalue weighted by atomic mass is 10.1. The van der Waals surface area contributed by atoms with E-state index in [0.717, 1.165) is 4.88 Å². The number of thiophene rings is 1. The minimum Gasteiger partial charge on any atom is -0.389 e. The van der Waals surface area contributed by atoms with Crippen LogP contribution < -0.4 is 0 Å². The van der Waals surface area contributed by atoms with Crippen LogP contribution in [-0.4, -0.2) is 44.4 Å². The lowest BCUT2D eigenvalue weighted by Crippen LogP contribution is -2.42. The molecule has 0 aliphatic rings. The van der Waals surface area contributed by atoms with E-state index in [9.17, 15) is 9.90 Å². The molecule has 5 nitrogen and oxygen atoms in total. The van der Waals surface area contributed by atoms with E-state index in [2.05, 4.69) is 5.10 Å². The standard InChI is InChI=1S/C15H21N3O2S/c1-5-18(10-15(2,3)20)14(19)11-9-17(4)16-13(11)12-7-6-8-21-12/h6-9,20H,5,10H2,1-4H3. The molecule has 0 fully saturated rings. The molecule has 0 unspecified atom stereocenters. The highest BCUT2D eigenvalue weighted by Gasteiger charge is 2.26. The highest BCUT2D eigenvalue weighted by atomic mass is 32.1. The molecular formula is C15H21N3O2S. The predicted octanol–water partition coefficient (Wildman–Crippen LogP) is 2.38. The largest absolute Gasteiger partial charge is 0.389 e. The van der Waals surface area contributed by atoms with Gasteiger partial charge in [0, 0.05) is 26.3 Å². The van der Waals surface area contributed by atoms with E-state index >= 15 is 0 Å². The summed E-state index contributed by atoms with van der Waals surface area (Å²) in [5.41, 5.74) is 0.356. The van der Waals surface area contributed by atoms with Crippen LogP contribution in [0.5, 0.6) is 0 Å². The van der Waals surface area contributed by atoms with Crippen LogP contribution in [0.4, 0.5) is 0 Å². The quantitative estimate of drug-likeness (QED) is 0.922. The summed E-state index contributed by atoms with van der Waals surface area (Å²) in [4.78, 5) is 15.4. The predicted molar refractivity (Wildman–Crippen MR) is 84.4 cm³/mol. The lowest BCUT2D eigenvalue weighted by Gasteiger charge is -2.28. The van der Waals surface area contributed by atoms with Crippen molar-refractivity contribution in [1.82, 2.24) is 14.7 Å². The monoisotopic (exact) mass is 307 g/mol. The van der Waals surface area contributed by atoms with Crippen molar-refractivity contribution in [1.29, 1.82) is 0 Å². The van der Waals surface area contributed by atoms with Crippen LogP contribution in [0.2, 0.25) is 0 Å². The van der Waals surface area contributed by atoms with Gasteiger partial charge < -0.3 is 10.0 Å². The molecule has 2 heterocycles. The highest BCUT2D eigenvalue weighted by molar-refractivity contribution is 7.13. The molecular weight excluding hydrogens is 286 g/mol. The molecule has 0 atom stereocenters. The fourth-order valence-electron chi connectivity index (χ4n) is 2.20. The first kappa shape index (κ1) is 15.7. The maximum Gasteiger partial charge on any atom is 0.257 e. The fourth-order valence-corrected chi connectivity index (χ4v) is 2.93. The van der Waals surface area contributed by atoms with Gasteiger partial charge in [0.25, 0.3) is 5.91 Å². The van der Waals surface area contributed by atoms with Gasteiger partial charge in [-0.3, -0.25) is 9.48 Å². The minimum atomic E-state index is -0.920. The number of aliphatic hydroxyl groups is 1. The summed E-state index contributed by atoms with van der Waals surface area (Å²) in [5, 5.41) is 16.3. The summed E-state index contributed by atoms with van der Waals surface area (Å²) in [6, 6.07) is 3.90. The van der Waals surface area contributed by atoms with Gasteiger partial charge in [-0.05, 0) is 32.2 Å². The first-order valence-corrected chi connectivity index (χ1v) is 7.79. The van der Waals surface area contributed by atoms with Crippen molar-refractivity contribution in [2.75, 3.05) is 13.1 Å². The van der Waals surface area contributed by atoms with E-state index in [1.807, 2.05) is 24.4 Å². The SMILES string of the molecule is CCN(CC(C)(C)O)C(=O)c1cn(C)nc1-c1cccs1. The molecule has 2 rings (SSSR count). The van der Waals surface area contributed by atoms with Gasteiger partial charge in [0.1, 0.15) is 5.69 Å². The third-order valence-corrected chi connectivity index (χ3v) is 3.94. The highest BCUT2D eigenvalue weighted by Crippen LogP contribution is 2.27. The van der Waals surface area contributed by atoms with Crippen molar-refractivity contribution >= 4 is 17.2 Å². The average Bonchev–Trinajstić information content (AvgIpc) is 3.02. The Morgan fingerprint density at radius 1 is 1.52 bits per heavy atom. The van der Waals surface area contributed by atoms with Gasteiger partial charge in [-0.1, -0.05) is 6.07 Å². The smallest absolute Gasteiger partial charge is 0.257 e. The second kappa shape index (κ2) is 5.99. The topological polar surface area (TPSA) is 58.4 Å².